The van der Waals surface area contributed by atoms with Gasteiger partial charge < -0.3 is 5.32 Å². The Labute approximate surface area is 147 Å². The van der Waals surface area contributed by atoms with E-state index in [-0.39, 0.29) is 23.8 Å². The van der Waals surface area contributed by atoms with E-state index in [1.165, 1.54) is 23.9 Å². The Morgan fingerprint density at radius 2 is 2.04 bits per heavy atom. The van der Waals surface area contributed by atoms with Crippen LogP contribution in [0.4, 0.5) is 4.39 Å². The van der Waals surface area contributed by atoms with E-state index in [0.29, 0.717) is 10.2 Å². The molecule has 1 heterocycles. The van der Waals surface area contributed by atoms with E-state index in [0.717, 1.165) is 10.9 Å². The number of halogens is 2. The van der Waals surface area contributed by atoms with Crippen LogP contribution in [0.3, 0.4) is 0 Å². The van der Waals surface area contributed by atoms with Crippen LogP contribution in [0.5, 0.6) is 0 Å². The molecule has 24 heavy (non-hydrogen) atoms. The van der Waals surface area contributed by atoms with Gasteiger partial charge in [-0.05, 0) is 18.2 Å². The molecule has 0 bridgehead atoms. The number of hydrogen-bond acceptors (Lipinski definition) is 4. The molecule has 122 valence electrons. The maximum Gasteiger partial charge on any atom is 0.230 e. The molecule has 4 nitrogen and oxygen atoms in total. The highest BCUT2D eigenvalue weighted by Crippen LogP contribution is 2.19. The average Bonchev–Trinajstić information content (AvgIpc) is 2.59. The van der Waals surface area contributed by atoms with Crippen LogP contribution < -0.4 is 5.32 Å². The van der Waals surface area contributed by atoms with Gasteiger partial charge in [0.25, 0.3) is 0 Å². The van der Waals surface area contributed by atoms with Crippen LogP contribution in [0.2, 0.25) is 5.02 Å². The summed E-state index contributed by atoms with van der Waals surface area (Å²) in [7, 11) is 0. The molecule has 0 saturated carbocycles. The topological polar surface area (TPSA) is 54.9 Å². The Kier molecular flexibility index (Phi) is 5.27. The zero-order valence-electron chi connectivity index (χ0n) is 12.5. The van der Waals surface area contributed by atoms with Gasteiger partial charge in [-0.25, -0.2) is 14.4 Å². The fraction of sp³-hybridized carbons (Fsp3) is 0.118. The molecule has 3 aromatic rings. The summed E-state index contributed by atoms with van der Waals surface area (Å²) in [6, 6.07) is 12.1. The van der Waals surface area contributed by atoms with Crippen LogP contribution in [-0.4, -0.2) is 21.6 Å². The summed E-state index contributed by atoms with van der Waals surface area (Å²) in [6.07, 6.45) is 1.72. The Morgan fingerprint density at radius 1 is 1.21 bits per heavy atom. The number of benzene rings is 2. The maximum atomic E-state index is 13.6. The summed E-state index contributed by atoms with van der Waals surface area (Å²) in [4.78, 5) is 20.5. The molecular weight excluding hydrogens is 349 g/mol. The van der Waals surface area contributed by atoms with Crippen molar-refractivity contribution in [2.75, 3.05) is 5.75 Å². The quantitative estimate of drug-likeness (QED) is 0.554. The van der Waals surface area contributed by atoms with Crippen LogP contribution in [0, 0.1) is 5.82 Å². The normalized spacial score (nSPS) is 10.8. The van der Waals surface area contributed by atoms with Crippen molar-refractivity contribution in [2.24, 2.45) is 0 Å². The highest BCUT2D eigenvalue weighted by Gasteiger charge is 2.10. The second kappa shape index (κ2) is 7.59. The van der Waals surface area contributed by atoms with Crippen molar-refractivity contribution in [1.29, 1.82) is 0 Å². The van der Waals surface area contributed by atoms with Gasteiger partial charge in [-0.2, -0.15) is 0 Å². The van der Waals surface area contributed by atoms with Gasteiger partial charge in [-0.15, -0.1) is 0 Å². The number of aromatic nitrogens is 2. The first-order valence-corrected chi connectivity index (χ1v) is 8.54. The van der Waals surface area contributed by atoms with Crippen LogP contribution in [0.15, 0.2) is 53.8 Å². The third kappa shape index (κ3) is 4.01. The summed E-state index contributed by atoms with van der Waals surface area (Å²) in [5.74, 6) is -0.533. The third-order valence-electron chi connectivity index (χ3n) is 3.32. The first kappa shape index (κ1) is 16.7. The fourth-order valence-electron chi connectivity index (χ4n) is 2.09. The van der Waals surface area contributed by atoms with Gasteiger partial charge >= 0.3 is 0 Å². The number of thioether (sulfide) groups is 1. The van der Waals surface area contributed by atoms with E-state index in [2.05, 4.69) is 15.3 Å². The lowest BCUT2D eigenvalue weighted by atomic mass is 10.2. The highest BCUT2D eigenvalue weighted by atomic mass is 35.5. The number of fused-ring (bicyclic) bond motifs is 1. The van der Waals surface area contributed by atoms with Gasteiger partial charge in [0.15, 0.2) is 5.16 Å². The number of carbonyl (C=O) groups excluding carboxylic acids is 1. The van der Waals surface area contributed by atoms with Gasteiger partial charge in [-0.1, -0.05) is 47.6 Å². The third-order valence-corrected chi connectivity index (χ3v) is 4.54. The molecule has 7 heteroatoms. The molecule has 1 aromatic heterocycles. The van der Waals surface area contributed by atoms with E-state index >= 15 is 0 Å². The second-order valence-corrected chi connectivity index (χ2v) is 6.33. The number of nitrogens with zero attached hydrogens (tertiary/aromatic N) is 2. The molecule has 1 amide bonds. The second-order valence-electron chi connectivity index (χ2n) is 4.98. The van der Waals surface area contributed by atoms with Crippen LogP contribution >= 0.6 is 23.4 Å². The maximum absolute atomic E-state index is 13.6. The van der Waals surface area contributed by atoms with Crippen molar-refractivity contribution >= 4 is 40.2 Å². The Balaban J connectivity index is 1.57. The SMILES string of the molecule is O=C(CSc1ncc2ccccc2n1)NCc1c(F)cccc1Cl. The molecule has 0 atom stereocenters. The van der Waals surface area contributed by atoms with Crippen molar-refractivity contribution in [1.82, 2.24) is 15.3 Å². The van der Waals surface area contributed by atoms with Crippen molar-refractivity contribution in [2.45, 2.75) is 11.7 Å². The number of carbonyl (C=O) groups is 1. The van der Waals surface area contributed by atoms with Crippen molar-refractivity contribution in [3.8, 4) is 0 Å². The minimum absolute atomic E-state index is 0.0451. The molecule has 1 N–H and O–H groups in total. The van der Waals surface area contributed by atoms with Crippen molar-refractivity contribution in [3.05, 3.63) is 65.1 Å². The fourth-order valence-corrected chi connectivity index (χ4v) is 2.98. The van der Waals surface area contributed by atoms with Gasteiger partial charge in [0, 0.05) is 28.7 Å². The summed E-state index contributed by atoms with van der Waals surface area (Å²) < 4.78 is 13.6. The molecule has 0 aliphatic heterocycles. The smallest absolute Gasteiger partial charge is 0.230 e. The molecule has 0 unspecified atom stereocenters. The molecule has 0 saturated heterocycles. The predicted octanol–water partition coefficient (Wildman–Crippen LogP) is 3.83. The number of rotatable bonds is 5. The average molecular weight is 362 g/mol. The summed E-state index contributed by atoms with van der Waals surface area (Å²) in [5.41, 5.74) is 1.10. The lowest BCUT2D eigenvalue weighted by Gasteiger charge is -2.08. The lowest BCUT2D eigenvalue weighted by molar-refractivity contribution is -0.118. The number of hydrogen-bond donors (Lipinski definition) is 1. The molecule has 3 rings (SSSR count). The van der Waals surface area contributed by atoms with Gasteiger partial charge in [-0.3, -0.25) is 4.79 Å². The van der Waals surface area contributed by atoms with Crippen LogP contribution in [-0.2, 0) is 11.3 Å². The van der Waals surface area contributed by atoms with E-state index in [4.69, 9.17) is 11.6 Å². The number of nitrogens with one attached hydrogen (secondary N) is 1. The summed E-state index contributed by atoms with van der Waals surface area (Å²) in [5, 5.41) is 4.41. The summed E-state index contributed by atoms with van der Waals surface area (Å²) in [6.45, 7) is 0.0451. The Hall–Kier alpha value is -2.18. The van der Waals surface area contributed by atoms with Crippen molar-refractivity contribution in [3.63, 3.8) is 0 Å². The largest absolute Gasteiger partial charge is 0.351 e. The van der Waals surface area contributed by atoms with Crippen LogP contribution in [0.25, 0.3) is 10.9 Å². The Morgan fingerprint density at radius 3 is 2.88 bits per heavy atom. The molecular formula is C17H13ClFN3OS. The Bertz CT molecular complexity index is 870. The van der Waals surface area contributed by atoms with E-state index in [9.17, 15) is 9.18 Å². The van der Waals surface area contributed by atoms with E-state index < -0.39 is 5.82 Å². The molecule has 0 aliphatic rings. The van der Waals surface area contributed by atoms with Gasteiger partial charge in [0.05, 0.1) is 11.3 Å². The number of para-hydroxylation sites is 1. The molecule has 0 spiro atoms. The van der Waals surface area contributed by atoms with E-state index in [1.807, 2.05) is 24.3 Å². The monoisotopic (exact) mass is 361 g/mol. The van der Waals surface area contributed by atoms with Crippen LogP contribution in [0.1, 0.15) is 5.56 Å². The number of amides is 1. The highest BCUT2D eigenvalue weighted by molar-refractivity contribution is 7.99. The van der Waals surface area contributed by atoms with E-state index in [1.54, 1.807) is 12.3 Å². The first-order chi connectivity index (χ1) is 11.6. The lowest BCUT2D eigenvalue weighted by Crippen LogP contribution is -2.25. The molecule has 0 radical (unpaired) electrons. The summed E-state index contributed by atoms with van der Waals surface area (Å²) >= 11 is 7.15. The zero-order valence-corrected chi connectivity index (χ0v) is 14.1. The first-order valence-electron chi connectivity index (χ1n) is 7.17. The minimum Gasteiger partial charge on any atom is -0.351 e. The van der Waals surface area contributed by atoms with Gasteiger partial charge in [0.1, 0.15) is 5.82 Å². The molecule has 0 aliphatic carbocycles. The molecule has 2 aromatic carbocycles. The zero-order chi connectivity index (χ0) is 16.9. The minimum atomic E-state index is -0.437. The van der Waals surface area contributed by atoms with Crippen molar-refractivity contribution < 1.29 is 9.18 Å². The van der Waals surface area contributed by atoms with Gasteiger partial charge in [0.2, 0.25) is 5.91 Å². The molecule has 0 fully saturated rings. The standard InChI is InChI=1S/C17H13ClFN3OS/c18-13-5-3-6-14(19)12(13)9-20-16(23)10-24-17-21-8-11-4-1-2-7-15(11)22-17/h1-8H,9-10H2,(H,20,23). The predicted molar refractivity (Wildman–Crippen MR) is 93.5 cm³/mol.